The molecule has 1 unspecified atom stereocenters. The second-order valence-electron chi connectivity index (χ2n) is 5.85. The van der Waals surface area contributed by atoms with Crippen LogP contribution in [-0.2, 0) is 6.42 Å². The van der Waals surface area contributed by atoms with Gasteiger partial charge in [-0.25, -0.2) is 0 Å². The summed E-state index contributed by atoms with van der Waals surface area (Å²) in [5, 5.41) is 3.41. The fourth-order valence-electron chi connectivity index (χ4n) is 3.21. The van der Waals surface area contributed by atoms with Crippen molar-refractivity contribution in [3.05, 3.63) is 23.8 Å². The van der Waals surface area contributed by atoms with Gasteiger partial charge >= 0.3 is 0 Å². The molecule has 0 aliphatic carbocycles. The Bertz CT molecular complexity index is 446. The van der Waals surface area contributed by atoms with Crippen molar-refractivity contribution < 1.29 is 4.74 Å². The molecule has 0 spiro atoms. The Labute approximate surface area is 109 Å². The van der Waals surface area contributed by atoms with Gasteiger partial charge in [0.1, 0.15) is 11.4 Å². The monoisotopic (exact) mass is 246 g/mol. The summed E-state index contributed by atoms with van der Waals surface area (Å²) in [6.45, 7) is 5.48. The van der Waals surface area contributed by atoms with Crippen molar-refractivity contribution in [2.75, 3.05) is 32.0 Å². The highest BCUT2D eigenvalue weighted by molar-refractivity contribution is 5.61. The van der Waals surface area contributed by atoms with Crippen molar-refractivity contribution in [1.82, 2.24) is 4.90 Å². The molecule has 0 radical (unpaired) electrons. The summed E-state index contributed by atoms with van der Waals surface area (Å²) in [7, 11) is 2.18. The van der Waals surface area contributed by atoms with Gasteiger partial charge < -0.3 is 15.0 Å². The minimum atomic E-state index is -0.0370. The highest BCUT2D eigenvalue weighted by Crippen LogP contribution is 2.35. The average molecular weight is 246 g/mol. The number of likely N-dealkylation sites (tertiary alicyclic amines) is 1. The van der Waals surface area contributed by atoms with Crippen LogP contribution in [0.25, 0.3) is 0 Å². The minimum Gasteiger partial charge on any atom is -0.486 e. The van der Waals surface area contributed by atoms with E-state index in [9.17, 15) is 0 Å². The molecule has 0 aromatic heterocycles. The van der Waals surface area contributed by atoms with Crippen LogP contribution >= 0.6 is 0 Å². The van der Waals surface area contributed by atoms with Crippen LogP contribution in [0, 0.1) is 0 Å². The molecule has 0 bridgehead atoms. The van der Waals surface area contributed by atoms with E-state index in [0.29, 0.717) is 0 Å². The Hall–Kier alpha value is -1.22. The smallest absolute Gasteiger partial charge is 0.125 e. The summed E-state index contributed by atoms with van der Waals surface area (Å²) in [5.41, 5.74) is 2.57. The number of hydrogen-bond acceptors (Lipinski definition) is 3. The van der Waals surface area contributed by atoms with Gasteiger partial charge in [-0.05, 0) is 51.9 Å². The van der Waals surface area contributed by atoms with E-state index in [0.717, 1.165) is 31.7 Å². The first-order chi connectivity index (χ1) is 8.66. The minimum absolute atomic E-state index is 0.0370. The van der Waals surface area contributed by atoms with Crippen molar-refractivity contribution >= 4 is 5.69 Å². The lowest BCUT2D eigenvalue weighted by Gasteiger charge is -2.39. The Morgan fingerprint density at radius 3 is 3.11 bits per heavy atom. The Kier molecular flexibility index (Phi) is 2.94. The van der Waals surface area contributed by atoms with Crippen LogP contribution in [0.5, 0.6) is 5.75 Å². The van der Waals surface area contributed by atoms with Gasteiger partial charge in [0, 0.05) is 24.3 Å². The molecule has 3 rings (SSSR count). The average Bonchev–Trinajstić information content (AvgIpc) is 2.77. The Morgan fingerprint density at radius 2 is 2.28 bits per heavy atom. The molecule has 1 saturated heterocycles. The van der Waals surface area contributed by atoms with Crippen molar-refractivity contribution in [3.8, 4) is 5.75 Å². The van der Waals surface area contributed by atoms with Crippen LogP contribution in [0.4, 0.5) is 5.69 Å². The van der Waals surface area contributed by atoms with E-state index in [1.165, 1.54) is 24.2 Å². The third-order valence-electron chi connectivity index (χ3n) is 4.03. The fourth-order valence-corrected chi connectivity index (χ4v) is 3.21. The molecule has 2 aliphatic rings. The van der Waals surface area contributed by atoms with Gasteiger partial charge in [0.2, 0.25) is 0 Å². The first kappa shape index (κ1) is 11.8. The molecule has 1 N–H and O–H groups in total. The zero-order chi connectivity index (χ0) is 12.6. The zero-order valence-electron chi connectivity index (χ0n) is 11.3. The van der Waals surface area contributed by atoms with Crippen LogP contribution in [0.15, 0.2) is 18.2 Å². The molecule has 18 heavy (non-hydrogen) atoms. The van der Waals surface area contributed by atoms with Crippen LogP contribution in [0.2, 0.25) is 0 Å². The molecule has 1 aromatic rings. The molecule has 3 heteroatoms. The van der Waals surface area contributed by atoms with Gasteiger partial charge in [0.25, 0.3) is 0 Å². The second kappa shape index (κ2) is 4.47. The first-order valence-electron chi connectivity index (χ1n) is 6.90. The number of benzene rings is 1. The van der Waals surface area contributed by atoms with Crippen LogP contribution < -0.4 is 10.1 Å². The number of likely N-dealkylation sites (N-methyl/N-ethyl adjacent to an activating group) is 1. The summed E-state index contributed by atoms with van der Waals surface area (Å²) in [5.74, 6) is 1.08. The number of fused-ring (bicyclic) bond motifs is 1. The summed E-state index contributed by atoms with van der Waals surface area (Å²) < 4.78 is 6.37. The van der Waals surface area contributed by atoms with Gasteiger partial charge in [-0.15, -0.1) is 0 Å². The number of anilines is 1. The predicted molar refractivity (Wildman–Crippen MR) is 74.4 cm³/mol. The quantitative estimate of drug-likeness (QED) is 0.868. The van der Waals surface area contributed by atoms with E-state index in [2.05, 4.69) is 42.4 Å². The number of piperidine rings is 1. The van der Waals surface area contributed by atoms with E-state index >= 15 is 0 Å². The topological polar surface area (TPSA) is 24.5 Å². The molecule has 1 atom stereocenters. The Balaban J connectivity index is 1.82. The lowest BCUT2D eigenvalue weighted by Crippen LogP contribution is -2.48. The molecule has 0 amide bonds. The van der Waals surface area contributed by atoms with E-state index in [4.69, 9.17) is 4.74 Å². The maximum absolute atomic E-state index is 6.37. The number of hydrogen-bond donors (Lipinski definition) is 1. The summed E-state index contributed by atoms with van der Waals surface area (Å²) in [6.07, 6.45) is 3.45. The summed E-state index contributed by atoms with van der Waals surface area (Å²) in [4.78, 5) is 2.37. The molecule has 98 valence electrons. The number of ether oxygens (including phenoxy) is 1. The van der Waals surface area contributed by atoms with Gasteiger partial charge in [-0.2, -0.15) is 0 Å². The highest BCUT2D eigenvalue weighted by Gasteiger charge is 2.32. The van der Waals surface area contributed by atoms with Crippen molar-refractivity contribution in [2.24, 2.45) is 0 Å². The molecular weight excluding hydrogens is 224 g/mol. The second-order valence-corrected chi connectivity index (χ2v) is 5.85. The number of rotatable bonds is 2. The van der Waals surface area contributed by atoms with Crippen LogP contribution in [-0.4, -0.2) is 37.2 Å². The van der Waals surface area contributed by atoms with E-state index in [-0.39, 0.29) is 5.60 Å². The molecule has 1 aromatic carbocycles. The lowest BCUT2D eigenvalue weighted by molar-refractivity contribution is 0.0150. The molecule has 1 fully saturated rings. The van der Waals surface area contributed by atoms with Crippen LogP contribution in [0.1, 0.15) is 25.3 Å². The number of nitrogens with one attached hydrogen (secondary N) is 1. The summed E-state index contributed by atoms with van der Waals surface area (Å²) in [6, 6.07) is 6.35. The molecule has 2 aliphatic heterocycles. The SMILES string of the molecule is CN1CCCC(C)(Oc2cccc3c2CCN3)C1. The van der Waals surface area contributed by atoms with Crippen molar-refractivity contribution in [3.63, 3.8) is 0 Å². The zero-order valence-corrected chi connectivity index (χ0v) is 11.3. The van der Waals surface area contributed by atoms with Crippen molar-refractivity contribution in [2.45, 2.75) is 31.8 Å². The fraction of sp³-hybridized carbons (Fsp3) is 0.600. The van der Waals surface area contributed by atoms with Crippen LogP contribution in [0.3, 0.4) is 0 Å². The van der Waals surface area contributed by atoms with E-state index in [1.807, 2.05) is 0 Å². The normalized spacial score (nSPS) is 27.7. The van der Waals surface area contributed by atoms with Crippen molar-refractivity contribution in [1.29, 1.82) is 0 Å². The largest absolute Gasteiger partial charge is 0.486 e. The Morgan fingerprint density at radius 1 is 1.39 bits per heavy atom. The molecule has 2 heterocycles. The van der Waals surface area contributed by atoms with Gasteiger partial charge in [-0.3, -0.25) is 0 Å². The maximum atomic E-state index is 6.37. The molecular formula is C15H22N2O. The third-order valence-corrected chi connectivity index (χ3v) is 4.03. The molecule has 0 saturated carbocycles. The highest BCUT2D eigenvalue weighted by atomic mass is 16.5. The first-order valence-corrected chi connectivity index (χ1v) is 6.90. The van der Waals surface area contributed by atoms with E-state index < -0.39 is 0 Å². The van der Waals surface area contributed by atoms with Gasteiger partial charge in [-0.1, -0.05) is 6.07 Å². The van der Waals surface area contributed by atoms with Gasteiger partial charge in [0.15, 0.2) is 0 Å². The third kappa shape index (κ3) is 2.19. The number of nitrogens with zero attached hydrogens (tertiary/aromatic N) is 1. The van der Waals surface area contributed by atoms with E-state index in [1.54, 1.807) is 0 Å². The van der Waals surface area contributed by atoms with Gasteiger partial charge in [0.05, 0.1) is 0 Å². The predicted octanol–water partition coefficient (Wildman–Crippen LogP) is 2.52. The molecule has 3 nitrogen and oxygen atoms in total. The lowest BCUT2D eigenvalue weighted by atomic mass is 9.95. The standard InChI is InChI=1S/C15H22N2O/c1-15(8-4-10-17(2)11-15)18-14-6-3-5-13-12(14)7-9-16-13/h3,5-6,16H,4,7-11H2,1-2H3. The summed E-state index contributed by atoms with van der Waals surface area (Å²) >= 11 is 0. The maximum Gasteiger partial charge on any atom is 0.125 e.